The highest BCUT2D eigenvalue weighted by atomic mass is 79.9. The second kappa shape index (κ2) is 5.56. The van der Waals surface area contributed by atoms with Gasteiger partial charge in [-0.05, 0) is 48.4 Å². The zero-order valence-electron chi connectivity index (χ0n) is 12.3. The first-order valence-corrected chi connectivity index (χ1v) is 8.48. The van der Waals surface area contributed by atoms with Crippen LogP contribution in [0.15, 0.2) is 22.7 Å². The summed E-state index contributed by atoms with van der Waals surface area (Å²) in [6.45, 7) is 2.04. The van der Waals surface area contributed by atoms with E-state index in [9.17, 15) is 9.59 Å². The molecule has 0 unspecified atom stereocenters. The maximum Gasteiger partial charge on any atom is 0.234 e. The van der Waals surface area contributed by atoms with Crippen molar-refractivity contribution in [3.8, 4) is 0 Å². The maximum atomic E-state index is 12.6. The van der Waals surface area contributed by atoms with E-state index in [0.29, 0.717) is 12.8 Å². The number of halogens is 1. The molecule has 2 aliphatic rings. The first-order chi connectivity index (χ1) is 10.0. The second-order valence-electron chi connectivity index (χ2n) is 6.31. The number of imide groups is 1. The molecule has 1 aliphatic carbocycles. The summed E-state index contributed by atoms with van der Waals surface area (Å²) in [5, 5.41) is 0. The van der Waals surface area contributed by atoms with Crippen molar-refractivity contribution in [3.63, 3.8) is 0 Å². The summed E-state index contributed by atoms with van der Waals surface area (Å²) in [5.74, 6) is -0.0460. The molecule has 0 aromatic heterocycles. The Morgan fingerprint density at radius 3 is 2.33 bits per heavy atom. The molecule has 1 heterocycles. The van der Waals surface area contributed by atoms with Gasteiger partial charge < -0.3 is 0 Å². The van der Waals surface area contributed by atoms with Gasteiger partial charge in [-0.15, -0.1) is 0 Å². The van der Waals surface area contributed by atoms with Crippen LogP contribution >= 0.6 is 15.9 Å². The number of carbonyl (C=O) groups is 2. The van der Waals surface area contributed by atoms with Crippen LogP contribution in [0.3, 0.4) is 0 Å². The second-order valence-corrected chi connectivity index (χ2v) is 7.23. The van der Waals surface area contributed by atoms with Gasteiger partial charge in [-0.3, -0.25) is 14.5 Å². The molecule has 112 valence electrons. The third-order valence-electron chi connectivity index (χ3n) is 4.88. The standard InChI is InChI=1S/C17H20BrNO2/c1-2-12-9-13(18)5-6-14(12)19-15(20)10-17(11-16(19)21)7-3-4-8-17/h5-6,9H,2-4,7-8,10-11H2,1H3. The first-order valence-electron chi connectivity index (χ1n) is 7.69. The van der Waals surface area contributed by atoms with Crippen molar-refractivity contribution in [2.75, 3.05) is 4.90 Å². The van der Waals surface area contributed by atoms with Crippen molar-refractivity contribution in [3.05, 3.63) is 28.2 Å². The Bertz CT molecular complexity index is 570. The Labute approximate surface area is 133 Å². The van der Waals surface area contributed by atoms with Gasteiger partial charge in [0.2, 0.25) is 11.8 Å². The van der Waals surface area contributed by atoms with Crippen LogP contribution in [0.2, 0.25) is 0 Å². The highest BCUT2D eigenvalue weighted by Gasteiger charge is 2.45. The van der Waals surface area contributed by atoms with Crippen molar-refractivity contribution >= 4 is 33.4 Å². The fraction of sp³-hybridized carbons (Fsp3) is 0.529. The number of aryl methyl sites for hydroxylation is 1. The van der Waals surface area contributed by atoms with Crippen LogP contribution in [-0.4, -0.2) is 11.8 Å². The van der Waals surface area contributed by atoms with E-state index < -0.39 is 0 Å². The van der Waals surface area contributed by atoms with E-state index in [4.69, 9.17) is 0 Å². The van der Waals surface area contributed by atoms with Gasteiger partial charge in [-0.2, -0.15) is 0 Å². The third kappa shape index (κ3) is 2.66. The van der Waals surface area contributed by atoms with E-state index in [2.05, 4.69) is 15.9 Å². The summed E-state index contributed by atoms with van der Waals surface area (Å²) in [4.78, 5) is 26.7. The molecule has 1 saturated carbocycles. The van der Waals surface area contributed by atoms with Crippen LogP contribution < -0.4 is 4.90 Å². The van der Waals surface area contributed by atoms with Crippen LogP contribution in [0.5, 0.6) is 0 Å². The molecule has 1 aromatic rings. The molecule has 1 aromatic carbocycles. The monoisotopic (exact) mass is 349 g/mol. The molecule has 0 N–H and O–H groups in total. The molecular weight excluding hydrogens is 330 g/mol. The topological polar surface area (TPSA) is 37.4 Å². The van der Waals surface area contributed by atoms with Gasteiger partial charge in [0, 0.05) is 17.3 Å². The quantitative estimate of drug-likeness (QED) is 0.749. The van der Waals surface area contributed by atoms with Crippen molar-refractivity contribution in [1.29, 1.82) is 0 Å². The molecule has 3 nitrogen and oxygen atoms in total. The Kier molecular flexibility index (Phi) is 3.91. The minimum absolute atomic E-state index is 0.0230. The number of hydrogen-bond donors (Lipinski definition) is 0. The SMILES string of the molecule is CCc1cc(Br)ccc1N1C(=O)CC2(CCCC2)CC1=O. The summed E-state index contributed by atoms with van der Waals surface area (Å²) < 4.78 is 0.979. The molecule has 3 rings (SSSR count). The van der Waals surface area contributed by atoms with Crippen LogP contribution in [0.25, 0.3) is 0 Å². The summed E-state index contributed by atoms with van der Waals surface area (Å²) >= 11 is 3.45. The van der Waals surface area contributed by atoms with E-state index in [1.807, 2.05) is 25.1 Å². The lowest BCUT2D eigenvalue weighted by atomic mass is 9.76. The van der Waals surface area contributed by atoms with Gasteiger partial charge in [-0.25, -0.2) is 0 Å². The Morgan fingerprint density at radius 2 is 1.76 bits per heavy atom. The fourth-order valence-electron chi connectivity index (χ4n) is 3.80. The Morgan fingerprint density at radius 1 is 1.14 bits per heavy atom. The van der Waals surface area contributed by atoms with E-state index in [0.717, 1.165) is 47.8 Å². The van der Waals surface area contributed by atoms with E-state index in [-0.39, 0.29) is 17.2 Å². The minimum atomic E-state index is -0.0353. The number of benzene rings is 1. The smallest absolute Gasteiger partial charge is 0.234 e. The molecule has 1 aliphatic heterocycles. The average molecular weight is 350 g/mol. The molecule has 2 fully saturated rings. The largest absolute Gasteiger partial charge is 0.274 e. The number of amides is 2. The predicted octanol–water partition coefficient (Wildman–Crippen LogP) is 4.23. The molecule has 21 heavy (non-hydrogen) atoms. The summed E-state index contributed by atoms with van der Waals surface area (Å²) in [6.07, 6.45) is 6.21. The van der Waals surface area contributed by atoms with Crippen LogP contribution in [-0.2, 0) is 16.0 Å². The van der Waals surface area contributed by atoms with Gasteiger partial charge >= 0.3 is 0 Å². The number of rotatable bonds is 2. The lowest BCUT2D eigenvalue weighted by molar-refractivity contribution is -0.133. The molecule has 2 amide bonds. The Hall–Kier alpha value is -1.16. The van der Waals surface area contributed by atoms with Gasteiger partial charge in [-0.1, -0.05) is 35.7 Å². The van der Waals surface area contributed by atoms with Gasteiger partial charge in [0.05, 0.1) is 5.69 Å². The predicted molar refractivity (Wildman–Crippen MR) is 86.1 cm³/mol. The Balaban J connectivity index is 1.93. The van der Waals surface area contributed by atoms with Crippen LogP contribution in [0, 0.1) is 5.41 Å². The van der Waals surface area contributed by atoms with Crippen molar-refractivity contribution in [2.24, 2.45) is 5.41 Å². The van der Waals surface area contributed by atoms with E-state index >= 15 is 0 Å². The van der Waals surface area contributed by atoms with E-state index in [1.165, 1.54) is 4.90 Å². The van der Waals surface area contributed by atoms with Crippen molar-refractivity contribution in [2.45, 2.75) is 51.9 Å². The molecule has 1 saturated heterocycles. The number of nitrogens with zero attached hydrogens (tertiary/aromatic N) is 1. The first kappa shape index (κ1) is 14.8. The molecule has 1 spiro atoms. The molecule has 4 heteroatoms. The van der Waals surface area contributed by atoms with Crippen LogP contribution in [0.4, 0.5) is 5.69 Å². The third-order valence-corrected chi connectivity index (χ3v) is 5.37. The number of anilines is 1. The molecular formula is C17H20BrNO2. The number of piperidine rings is 1. The summed E-state index contributed by atoms with van der Waals surface area (Å²) in [7, 11) is 0. The highest BCUT2D eigenvalue weighted by molar-refractivity contribution is 9.10. The highest BCUT2D eigenvalue weighted by Crippen LogP contribution is 2.47. The maximum absolute atomic E-state index is 12.6. The van der Waals surface area contributed by atoms with Crippen molar-refractivity contribution in [1.82, 2.24) is 0 Å². The normalized spacial score (nSPS) is 21.3. The number of hydrogen-bond acceptors (Lipinski definition) is 2. The summed E-state index contributed by atoms with van der Waals surface area (Å²) in [5.41, 5.74) is 1.77. The zero-order chi connectivity index (χ0) is 15.0. The van der Waals surface area contributed by atoms with E-state index in [1.54, 1.807) is 0 Å². The van der Waals surface area contributed by atoms with Crippen LogP contribution in [0.1, 0.15) is 51.0 Å². The van der Waals surface area contributed by atoms with Gasteiger partial charge in [0.15, 0.2) is 0 Å². The zero-order valence-corrected chi connectivity index (χ0v) is 13.9. The minimum Gasteiger partial charge on any atom is -0.274 e. The molecule has 0 atom stereocenters. The average Bonchev–Trinajstić information content (AvgIpc) is 2.87. The lowest BCUT2D eigenvalue weighted by Gasteiger charge is -2.37. The van der Waals surface area contributed by atoms with Gasteiger partial charge in [0.25, 0.3) is 0 Å². The van der Waals surface area contributed by atoms with Crippen molar-refractivity contribution < 1.29 is 9.59 Å². The van der Waals surface area contributed by atoms with Gasteiger partial charge in [0.1, 0.15) is 0 Å². The number of carbonyl (C=O) groups excluding carboxylic acids is 2. The molecule has 0 bridgehead atoms. The lowest BCUT2D eigenvalue weighted by Crippen LogP contribution is -2.47. The summed E-state index contributed by atoms with van der Waals surface area (Å²) in [6, 6.07) is 5.77. The molecule has 0 radical (unpaired) electrons. The fourth-order valence-corrected chi connectivity index (χ4v) is 4.21.